The molecular formula is C25H29N3O2S. The lowest BCUT2D eigenvalue weighted by molar-refractivity contribution is 0.308. The van der Waals surface area contributed by atoms with E-state index in [1.54, 1.807) is 19.2 Å². The fourth-order valence-electron chi connectivity index (χ4n) is 4.01. The number of nitrogens with one attached hydrogen (secondary N) is 1. The summed E-state index contributed by atoms with van der Waals surface area (Å²) in [5.41, 5.74) is 2.89. The third kappa shape index (κ3) is 4.18. The summed E-state index contributed by atoms with van der Waals surface area (Å²) in [6.07, 6.45) is 2.96. The highest BCUT2D eigenvalue weighted by atomic mass is 32.2. The van der Waals surface area contributed by atoms with Crippen LogP contribution < -0.4 is 4.31 Å². The first-order valence-corrected chi connectivity index (χ1v) is 12.2. The second-order valence-electron chi connectivity index (χ2n) is 7.80. The van der Waals surface area contributed by atoms with Crippen LogP contribution in [-0.2, 0) is 16.4 Å². The molecule has 5 nitrogen and oxygen atoms in total. The fraction of sp³-hybridized carbons (Fsp3) is 0.280. The number of hydrogen-bond donors (Lipinski definition) is 1. The zero-order valence-corrected chi connectivity index (χ0v) is 19.1. The van der Waals surface area contributed by atoms with Gasteiger partial charge in [0, 0.05) is 30.7 Å². The van der Waals surface area contributed by atoms with Gasteiger partial charge in [-0.25, -0.2) is 8.42 Å². The number of fused-ring (bicyclic) bond motifs is 2. The van der Waals surface area contributed by atoms with Crippen molar-refractivity contribution in [2.75, 3.05) is 31.0 Å². The van der Waals surface area contributed by atoms with Crippen LogP contribution in [0.25, 0.3) is 21.7 Å². The maximum atomic E-state index is 13.3. The normalized spacial score (nSPS) is 12.1. The van der Waals surface area contributed by atoms with Crippen molar-refractivity contribution in [1.29, 1.82) is 0 Å². The van der Waals surface area contributed by atoms with E-state index in [0.29, 0.717) is 10.6 Å². The Morgan fingerprint density at radius 3 is 2.39 bits per heavy atom. The quantitative estimate of drug-likeness (QED) is 0.422. The average molecular weight is 436 g/mol. The van der Waals surface area contributed by atoms with Gasteiger partial charge in [-0.15, -0.1) is 0 Å². The molecule has 0 aliphatic carbocycles. The van der Waals surface area contributed by atoms with E-state index in [-0.39, 0.29) is 0 Å². The molecule has 1 N–H and O–H groups in total. The largest absolute Gasteiger partial charge is 0.361 e. The zero-order valence-electron chi connectivity index (χ0n) is 18.3. The number of benzene rings is 3. The maximum absolute atomic E-state index is 13.3. The lowest BCUT2D eigenvalue weighted by atomic mass is 10.1. The summed E-state index contributed by atoms with van der Waals surface area (Å²) in [5, 5.41) is 3.01. The van der Waals surface area contributed by atoms with Gasteiger partial charge in [-0.3, -0.25) is 4.31 Å². The van der Waals surface area contributed by atoms with Crippen molar-refractivity contribution in [1.82, 2.24) is 9.88 Å². The molecule has 0 radical (unpaired) electrons. The molecule has 0 aliphatic heterocycles. The van der Waals surface area contributed by atoms with Crippen LogP contribution in [-0.4, -0.2) is 45.0 Å². The number of rotatable bonds is 8. The van der Waals surface area contributed by atoms with Gasteiger partial charge < -0.3 is 9.88 Å². The van der Waals surface area contributed by atoms with Gasteiger partial charge in [0.05, 0.1) is 10.6 Å². The minimum Gasteiger partial charge on any atom is -0.361 e. The molecule has 4 rings (SSSR count). The van der Waals surface area contributed by atoms with Crippen LogP contribution in [0.1, 0.15) is 19.4 Å². The first-order valence-electron chi connectivity index (χ1n) is 10.7. The summed E-state index contributed by atoms with van der Waals surface area (Å²) in [5.74, 6) is 0. The topological polar surface area (TPSA) is 56.4 Å². The van der Waals surface area contributed by atoms with Crippen molar-refractivity contribution < 1.29 is 8.42 Å². The minimum absolute atomic E-state index is 0.296. The molecule has 0 aliphatic rings. The molecule has 0 amide bonds. The van der Waals surface area contributed by atoms with E-state index in [2.05, 4.69) is 23.7 Å². The first-order chi connectivity index (χ1) is 14.9. The number of sulfonamides is 1. The van der Waals surface area contributed by atoms with E-state index in [4.69, 9.17) is 0 Å². The van der Waals surface area contributed by atoms with Crippen LogP contribution in [0.3, 0.4) is 0 Å². The Hall–Kier alpha value is -2.83. The van der Waals surface area contributed by atoms with Crippen LogP contribution in [0.15, 0.2) is 71.8 Å². The fourth-order valence-corrected chi connectivity index (χ4v) is 5.24. The van der Waals surface area contributed by atoms with Crippen LogP contribution >= 0.6 is 0 Å². The lowest BCUT2D eigenvalue weighted by Crippen LogP contribution is -2.26. The SMILES string of the molecule is CCN(CC)CCc1c[nH]c2ccc(N(C)S(=O)(=O)c3ccc4ccccc4c3)cc12. The second-order valence-corrected chi connectivity index (χ2v) is 9.77. The van der Waals surface area contributed by atoms with Gasteiger partial charge in [-0.2, -0.15) is 0 Å². The summed E-state index contributed by atoms with van der Waals surface area (Å²) in [6.45, 7) is 7.37. The van der Waals surface area contributed by atoms with Gasteiger partial charge in [0.2, 0.25) is 0 Å². The van der Waals surface area contributed by atoms with E-state index in [0.717, 1.165) is 47.7 Å². The van der Waals surface area contributed by atoms with Gasteiger partial charge >= 0.3 is 0 Å². The molecule has 1 heterocycles. The Labute approximate surface area is 184 Å². The third-order valence-corrected chi connectivity index (χ3v) is 7.87. The number of anilines is 1. The maximum Gasteiger partial charge on any atom is 0.264 e. The van der Waals surface area contributed by atoms with E-state index < -0.39 is 10.0 Å². The Morgan fingerprint density at radius 1 is 0.903 bits per heavy atom. The van der Waals surface area contributed by atoms with Crippen LogP contribution in [0.2, 0.25) is 0 Å². The number of aromatic amines is 1. The van der Waals surface area contributed by atoms with Crippen molar-refractivity contribution >= 4 is 37.4 Å². The molecular weight excluding hydrogens is 406 g/mol. The number of aromatic nitrogens is 1. The average Bonchev–Trinajstić information content (AvgIpc) is 3.21. The Balaban J connectivity index is 1.65. The zero-order chi connectivity index (χ0) is 22.0. The summed E-state index contributed by atoms with van der Waals surface area (Å²) in [4.78, 5) is 6.00. The van der Waals surface area contributed by atoms with E-state index in [1.807, 2.05) is 54.7 Å². The molecule has 0 saturated carbocycles. The monoisotopic (exact) mass is 435 g/mol. The van der Waals surface area contributed by atoms with Crippen LogP contribution in [0.4, 0.5) is 5.69 Å². The van der Waals surface area contributed by atoms with Gasteiger partial charge in [-0.05, 0) is 66.2 Å². The summed E-state index contributed by atoms with van der Waals surface area (Å²) < 4.78 is 28.1. The van der Waals surface area contributed by atoms with E-state index in [1.165, 1.54) is 9.87 Å². The highest BCUT2D eigenvalue weighted by molar-refractivity contribution is 7.92. The highest BCUT2D eigenvalue weighted by Crippen LogP contribution is 2.29. The number of hydrogen-bond acceptors (Lipinski definition) is 3. The molecule has 4 aromatic rings. The molecule has 0 saturated heterocycles. The predicted molar refractivity (Wildman–Crippen MR) is 129 cm³/mol. The van der Waals surface area contributed by atoms with Gasteiger partial charge in [0.15, 0.2) is 0 Å². The molecule has 162 valence electrons. The molecule has 1 aromatic heterocycles. The second kappa shape index (κ2) is 8.73. The molecule has 6 heteroatoms. The Morgan fingerprint density at radius 2 is 1.65 bits per heavy atom. The minimum atomic E-state index is -3.67. The molecule has 0 bridgehead atoms. The van der Waals surface area contributed by atoms with Crippen molar-refractivity contribution in [3.05, 3.63) is 72.4 Å². The van der Waals surface area contributed by atoms with Gasteiger partial charge in [0.25, 0.3) is 10.0 Å². The van der Waals surface area contributed by atoms with Crippen molar-refractivity contribution in [3.63, 3.8) is 0 Å². The smallest absolute Gasteiger partial charge is 0.264 e. The third-order valence-electron chi connectivity index (χ3n) is 6.09. The Kier molecular flexibility index (Phi) is 6.03. The Bertz CT molecular complexity index is 1310. The molecule has 0 fully saturated rings. The summed E-state index contributed by atoms with van der Waals surface area (Å²) in [7, 11) is -2.05. The number of likely N-dealkylation sites (N-methyl/N-ethyl adjacent to an activating group) is 1. The number of H-pyrrole nitrogens is 1. The van der Waals surface area contributed by atoms with Crippen LogP contribution in [0, 0.1) is 0 Å². The van der Waals surface area contributed by atoms with Crippen molar-refractivity contribution in [2.24, 2.45) is 0 Å². The van der Waals surface area contributed by atoms with Crippen molar-refractivity contribution in [2.45, 2.75) is 25.2 Å². The molecule has 31 heavy (non-hydrogen) atoms. The summed E-state index contributed by atoms with van der Waals surface area (Å²) in [6, 6.07) is 18.8. The molecule has 0 atom stereocenters. The van der Waals surface area contributed by atoms with Crippen LogP contribution in [0.5, 0.6) is 0 Å². The summed E-state index contributed by atoms with van der Waals surface area (Å²) >= 11 is 0. The molecule has 3 aromatic carbocycles. The van der Waals surface area contributed by atoms with Crippen molar-refractivity contribution in [3.8, 4) is 0 Å². The standard InChI is InChI=1S/C25H29N3O2S/c1-4-28(5-2)15-14-21-18-26-25-13-11-22(17-24(21)25)27(3)31(29,30)23-12-10-19-8-6-7-9-20(19)16-23/h6-13,16-18,26H,4-5,14-15H2,1-3H3. The van der Waals surface area contributed by atoms with Gasteiger partial charge in [-0.1, -0.05) is 44.2 Å². The van der Waals surface area contributed by atoms with Gasteiger partial charge in [0.1, 0.15) is 0 Å². The molecule has 0 unspecified atom stereocenters. The first kappa shape index (κ1) is 21.4. The highest BCUT2D eigenvalue weighted by Gasteiger charge is 2.22. The predicted octanol–water partition coefficient (Wildman–Crippen LogP) is 5.03. The molecule has 0 spiro atoms. The lowest BCUT2D eigenvalue weighted by Gasteiger charge is -2.20. The van der Waals surface area contributed by atoms with E-state index in [9.17, 15) is 8.42 Å². The van der Waals surface area contributed by atoms with E-state index >= 15 is 0 Å². The number of nitrogens with zero attached hydrogens (tertiary/aromatic N) is 2.